The van der Waals surface area contributed by atoms with Gasteiger partial charge >= 0.3 is 0 Å². The summed E-state index contributed by atoms with van der Waals surface area (Å²) in [6, 6.07) is 7.19. The highest BCUT2D eigenvalue weighted by Crippen LogP contribution is 2.24. The fourth-order valence-electron chi connectivity index (χ4n) is 3.01. The van der Waals surface area contributed by atoms with Crippen LogP contribution in [0.5, 0.6) is 0 Å². The van der Waals surface area contributed by atoms with E-state index in [1.165, 1.54) is 0 Å². The molecule has 8 heteroatoms. The second-order valence-corrected chi connectivity index (χ2v) is 7.39. The van der Waals surface area contributed by atoms with Crippen LogP contribution in [0.1, 0.15) is 31.8 Å². The number of carbonyl (C=O) groups excluding carboxylic acids is 1. The van der Waals surface area contributed by atoms with E-state index in [1.807, 2.05) is 19.1 Å². The smallest absolute Gasteiger partial charge is 0.248 e. The first-order chi connectivity index (χ1) is 12.1. The van der Waals surface area contributed by atoms with Gasteiger partial charge in [-0.2, -0.15) is 0 Å². The van der Waals surface area contributed by atoms with Crippen LogP contribution < -0.4 is 5.73 Å². The number of carbonyl (C=O) groups is 1. The van der Waals surface area contributed by atoms with E-state index in [1.54, 1.807) is 23.5 Å². The molecule has 0 spiro atoms. The van der Waals surface area contributed by atoms with E-state index in [9.17, 15) is 4.79 Å². The first-order valence-electron chi connectivity index (χ1n) is 8.08. The summed E-state index contributed by atoms with van der Waals surface area (Å²) in [4.78, 5) is 21.7. The van der Waals surface area contributed by atoms with Crippen molar-refractivity contribution in [3.8, 4) is 11.4 Å². The van der Waals surface area contributed by atoms with Crippen molar-refractivity contribution < 1.29 is 4.79 Å². The number of aromatic amines is 1. The van der Waals surface area contributed by atoms with E-state index in [2.05, 4.69) is 20.1 Å². The van der Waals surface area contributed by atoms with Gasteiger partial charge in [0.25, 0.3) is 0 Å². The van der Waals surface area contributed by atoms with E-state index in [-0.39, 0.29) is 0 Å². The zero-order chi connectivity index (χ0) is 17.4. The number of rotatable bonds is 4. The molecule has 3 aromatic rings. The summed E-state index contributed by atoms with van der Waals surface area (Å²) in [7, 11) is 0. The van der Waals surface area contributed by atoms with Crippen LogP contribution in [0.2, 0.25) is 0 Å². The average Bonchev–Trinajstić information content (AvgIpc) is 3.20. The predicted molar refractivity (Wildman–Crippen MR) is 95.0 cm³/mol. The Morgan fingerprint density at radius 2 is 2.12 bits per heavy atom. The first-order valence-corrected chi connectivity index (χ1v) is 8.89. The monoisotopic (exact) mass is 354 g/mol. The van der Waals surface area contributed by atoms with Crippen molar-refractivity contribution in [1.29, 1.82) is 0 Å². The molecule has 25 heavy (non-hydrogen) atoms. The van der Waals surface area contributed by atoms with Gasteiger partial charge in [0.2, 0.25) is 5.91 Å². The van der Waals surface area contributed by atoms with Crippen LogP contribution in [0.4, 0.5) is 0 Å². The largest absolute Gasteiger partial charge is 0.366 e. The number of fused-ring (bicyclic) bond motifs is 1. The van der Waals surface area contributed by atoms with Crippen LogP contribution in [0.15, 0.2) is 24.3 Å². The number of hydrogen-bond donors (Lipinski definition) is 2. The van der Waals surface area contributed by atoms with Gasteiger partial charge in [0.15, 0.2) is 0 Å². The van der Waals surface area contributed by atoms with Gasteiger partial charge in [-0.3, -0.25) is 9.69 Å². The molecule has 1 aliphatic rings. The number of nitrogens with two attached hydrogens (primary N) is 1. The van der Waals surface area contributed by atoms with Crippen LogP contribution in [-0.4, -0.2) is 37.5 Å². The molecule has 4 rings (SSSR count). The minimum absolute atomic E-state index is 0.423. The van der Waals surface area contributed by atoms with Gasteiger partial charge in [0, 0.05) is 30.6 Å². The van der Waals surface area contributed by atoms with Crippen molar-refractivity contribution in [2.75, 3.05) is 6.54 Å². The molecule has 3 heterocycles. The molecular weight excluding hydrogens is 336 g/mol. The van der Waals surface area contributed by atoms with Crippen molar-refractivity contribution in [1.82, 2.24) is 25.1 Å². The SMILES string of the molecule is Cc1nnc(CN2CCc3nc(-c4ccc(C(N)=O)cc4)[nH]c3C2)s1. The summed E-state index contributed by atoms with van der Waals surface area (Å²) in [6.07, 6.45) is 0.906. The van der Waals surface area contributed by atoms with E-state index in [0.717, 1.165) is 58.8 Å². The minimum atomic E-state index is -0.423. The van der Waals surface area contributed by atoms with Crippen molar-refractivity contribution in [3.05, 3.63) is 51.2 Å². The van der Waals surface area contributed by atoms with Gasteiger partial charge in [-0.15, -0.1) is 21.5 Å². The fourth-order valence-corrected chi connectivity index (χ4v) is 3.76. The topological polar surface area (TPSA) is 101 Å². The highest BCUT2D eigenvalue weighted by molar-refractivity contribution is 7.11. The van der Waals surface area contributed by atoms with E-state index >= 15 is 0 Å². The lowest BCUT2D eigenvalue weighted by molar-refractivity contribution is 0.100. The normalized spacial score (nSPS) is 14.4. The standard InChI is InChI=1S/C17H18N6OS/c1-10-21-22-15(25-10)9-23-7-6-13-14(8-23)20-17(19-13)12-4-2-11(3-5-12)16(18)24/h2-5H,6-9H2,1H3,(H2,18,24)(H,19,20). The lowest BCUT2D eigenvalue weighted by Crippen LogP contribution is -2.30. The zero-order valence-corrected chi connectivity index (χ0v) is 14.6. The van der Waals surface area contributed by atoms with E-state index in [0.29, 0.717) is 5.56 Å². The van der Waals surface area contributed by atoms with Crippen LogP contribution in [0.25, 0.3) is 11.4 Å². The Morgan fingerprint density at radius 3 is 2.80 bits per heavy atom. The zero-order valence-electron chi connectivity index (χ0n) is 13.8. The number of benzene rings is 1. The lowest BCUT2D eigenvalue weighted by Gasteiger charge is -2.24. The molecule has 0 saturated carbocycles. The summed E-state index contributed by atoms with van der Waals surface area (Å²) >= 11 is 1.64. The van der Waals surface area contributed by atoms with E-state index in [4.69, 9.17) is 10.7 Å². The van der Waals surface area contributed by atoms with Gasteiger partial charge in [0.1, 0.15) is 15.8 Å². The molecule has 0 aliphatic carbocycles. The molecule has 0 atom stereocenters. The number of aromatic nitrogens is 4. The molecule has 2 aromatic heterocycles. The third-order valence-electron chi connectivity index (χ3n) is 4.28. The van der Waals surface area contributed by atoms with Crippen LogP contribution >= 0.6 is 11.3 Å². The van der Waals surface area contributed by atoms with Crippen LogP contribution in [0.3, 0.4) is 0 Å². The maximum Gasteiger partial charge on any atom is 0.248 e. The molecule has 0 unspecified atom stereocenters. The van der Waals surface area contributed by atoms with Gasteiger partial charge in [0.05, 0.1) is 17.9 Å². The molecule has 0 fully saturated rings. The predicted octanol–water partition coefficient (Wildman–Crippen LogP) is 1.89. The van der Waals surface area contributed by atoms with Crippen LogP contribution in [-0.2, 0) is 19.5 Å². The number of hydrogen-bond acceptors (Lipinski definition) is 6. The Labute approximate surface area is 148 Å². The van der Waals surface area contributed by atoms with Gasteiger partial charge in [-0.05, 0) is 19.1 Å². The van der Waals surface area contributed by atoms with Gasteiger partial charge in [-0.25, -0.2) is 4.98 Å². The molecule has 1 aliphatic heterocycles. The summed E-state index contributed by atoms with van der Waals surface area (Å²) < 4.78 is 0. The molecule has 7 nitrogen and oxygen atoms in total. The average molecular weight is 354 g/mol. The summed E-state index contributed by atoms with van der Waals surface area (Å²) in [5.41, 5.74) is 8.98. The Morgan fingerprint density at radius 1 is 1.32 bits per heavy atom. The van der Waals surface area contributed by atoms with Crippen molar-refractivity contribution in [2.45, 2.75) is 26.4 Å². The van der Waals surface area contributed by atoms with Gasteiger partial charge < -0.3 is 10.7 Å². The molecule has 1 aromatic carbocycles. The molecular formula is C17H18N6OS. The Hall–Kier alpha value is -2.58. The molecule has 3 N–H and O–H groups in total. The first kappa shape index (κ1) is 15.9. The van der Waals surface area contributed by atoms with Gasteiger partial charge in [-0.1, -0.05) is 12.1 Å². The summed E-state index contributed by atoms with van der Waals surface area (Å²) in [6.45, 7) is 4.56. The second kappa shape index (κ2) is 6.38. The lowest BCUT2D eigenvalue weighted by atomic mass is 10.1. The Bertz CT molecular complexity index is 914. The number of amides is 1. The Kier molecular flexibility index (Phi) is 4.06. The maximum atomic E-state index is 11.2. The number of primary amides is 1. The minimum Gasteiger partial charge on any atom is -0.366 e. The third-order valence-corrected chi connectivity index (χ3v) is 5.10. The van der Waals surface area contributed by atoms with Crippen molar-refractivity contribution in [2.24, 2.45) is 5.73 Å². The summed E-state index contributed by atoms with van der Waals surface area (Å²) in [5.74, 6) is 0.405. The number of nitrogens with zero attached hydrogens (tertiary/aromatic N) is 4. The van der Waals surface area contributed by atoms with Crippen LogP contribution in [0, 0.1) is 6.92 Å². The maximum absolute atomic E-state index is 11.2. The molecule has 0 bridgehead atoms. The Balaban J connectivity index is 1.51. The number of aryl methyl sites for hydroxylation is 1. The third kappa shape index (κ3) is 3.31. The highest BCUT2D eigenvalue weighted by Gasteiger charge is 2.21. The van der Waals surface area contributed by atoms with E-state index < -0.39 is 5.91 Å². The second-order valence-electron chi connectivity index (χ2n) is 6.13. The number of H-pyrrole nitrogens is 1. The molecule has 0 saturated heterocycles. The highest BCUT2D eigenvalue weighted by atomic mass is 32.1. The number of imidazole rings is 1. The van der Waals surface area contributed by atoms with Crippen molar-refractivity contribution >= 4 is 17.2 Å². The molecule has 0 radical (unpaired) electrons. The number of nitrogens with one attached hydrogen (secondary N) is 1. The van der Waals surface area contributed by atoms with Crippen molar-refractivity contribution in [3.63, 3.8) is 0 Å². The molecule has 1 amide bonds. The molecule has 128 valence electrons. The fraction of sp³-hybridized carbons (Fsp3) is 0.294. The quantitative estimate of drug-likeness (QED) is 0.745. The summed E-state index contributed by atoms with van der Waals surface area (Å²) in [5, 5.41) is 10.3.